The Balaban J connectivity index is 2.11. The van der Waals surface area contributed by atoms with Crippen molar-refractivity contribution < 1.29 is 14.7 Å². The van der Waals surface area contributed by atoms with Gasteiger partial charge in [-0.1, -0.05) is 13.0 Å². The van der Waals surface area contributed by atoms with Gasteiger partial charge in [0.05, 0.1) is 23.5 Å². The van der Waals surface area contributed by atoms with Crippen LogP contribution >= 0.6 is 0 Å². The highest BCUT2D eigenvalue weighted by Gasteiger charge is 2.41. The second-order valence-electron chi connectivity index (χ2n) is 5.31. The van der Waals surface area contributed by atoms with Gasteiger partial charge in [-0.05, 0) is 37.0 Å². The van der Waals surface area contributed by atoms with Crippen molar-refractivity contribution in [3.63, 3.8) is 0 Å². The van der Waals surface area contributed by atoms with Crippen LogP contribution in [0.25, 0.3) is 0 Å². The van der Waals surface area contributed by atoms with Crippen LogP contribution in [0.1, 0.15) is 25.3 Å². The highest BCUT2D eigenvalue weighted by Crippen LogP contribution is 2.37. The van der Waals surface area contributed by atoms with Gasteiger partial charge in [-0.3, -0.25) is 9.59 Å². The van der Waals surface area contributed by atoms with Crippen molar-refractivity contribution in [1.29, 1.82) is 5.26 Å². The smallest absolute Gasteiger partial charge is 0.307 e. The number of hydrogen-bond donors (Lipinski definition) is 2. The number of carboxylic acids is 1. The average Bonchev–Trinajstić information content (AvgIpc) is 2.81. The maximum Gasteiger partial charge on any atom is 0.307 e. The lowest BCUT2D eigenvalue weighted by Crippen LogP contribution is -2.30. The van der Waals surface area contributed by atoms with E-state index < -0.39 is 17.8 Å². The van der Waals surface area contributed by atoms with Gasteiger partial charge in [-0.2, -0.15) is 5.26 Å². The molecule has 5 nitrogen and oxygen atoms in total. The van der Waals surface area contributed by atoms with Gasteiger partial charge in [0.1, 0.15) is 0 Å². The first-order valence-electron chi connectivity index (χ1n) is 6.55. The van der Waals surface area contributed by atoms with Crippen LogP contribution in [0.5, 0.6) is 0 Å². The topological polar surface area (TPSA) is 90.2 Å². The summed E-state index contributed by atoms with van der Waals surface area (Å²) < 4.78 is 0. The molecule has 0 heterocycles. The van der Waals surface area contributed by atoms with E-state index in [0.29, 0.717) is 24.1 Å². The molecule has 2 rings (SSSR count). The molecular formula is C15H16N2O3. The van der Waals surface area contributed by atoms with E-state index in [4.69, 9.17) is 5.26 Å². The lowest BCUT2D eigenvalue weighted by molar-refractivity contribution is -0.145. The largest absolute Gasteiger partial charge is 0.481 e. The summed E-state index contributed by atoms with van der Waals surface area (Å²) in [6.45, 7) is 1.96. The zero-order valence-corrected chi connectivity index (χ0v) is 11.2. The number of hydrogen-bond acceptors (Lipinski definition) is 3. The van der Waals surface area contributed by atoms with Crippen LogP contribution in [-0.4, -0.2) is 17.0 Å². The van der Waals surface area contributed by atoms with E-state index in [1.807, 2.05) is 13.0 Å². The number of nitrogens with zero attached hydrogens (tertiary/aromatic N) is 1. The molecule has 0 bridgehead atoms. The number of anilines is 1. The predicted molar refractivity (Wildman–Crippen MR) is 72.8 cm³/mol. The Morgan fingerprint density at radius 3 is 2.70 bits per heavy atom. The SMILES string of the molecule is CC1C[C@H](C(=O)Nc2cccc(C#N)c2)[C@H](C(=O)O)C1. The van der Waals surface area contributed by atoms with E-state index in [1.165, 1.54) is 0 Å². The number of carbonyl (C=O) groups excluding carboxylic acids is 1. The first-order valence-corrected chi connectivity index (χ1v) is 6.55. The van der Waals surface area contributed by atoms with Crippen molar-refractivity contribution in [2.45, 2.75) is 19.8 Å². The van der Waals surface area contributed by atoms with Crippen LogP contribution < -0.4 is 5.32 Å². The van der Waals surface area contributed by atoms with Crippen molar-refractivity contribution in [2.75, 3.05) is 5.32 Å². The first-order chi connectivity index (χ1) is 9.51. The third-order valence-corrected chi connectivity index (χ3v) is 3.71. The second-order valence-corrected chi connectivity index (χ2v) is 5.31. The maximum absolute atomic E-state index is 12.2. The normalized spacial score (nSPS) is 24.9. The molecule has 0 saturated heterocycles. The monoisotopic (exact) mass is 272 g/mol. The minimum atomic E-state index is -0.916. The van der Waals surface area contributed by atoms with Gasteiger partial charge in [-0.15, -0.1) is 0 Å². The van der Waals surface area contributed by atoms with E-state index >= 15 is 0 Å². The molecule has 1 aliphatic carbocycles. The molecular weight excluding hydrogens is 256 g/mol. The van der Waals surface area contributed by atoms with Crippen LogP contribution in [0.2, 0.25) is 0 Å². The van der Waals surface area contributed by atoms with Crippen molar-refractivity contribution in [1.82, 2.24) is 0 Å². The number of rotatable bonds is 3. The molecule has 0 spiro atoms. The minimum absolute atomic E-state index is 0.234. The average molecular weight is 272 g/mol. The summed E-state index contributed by atoms with van der Waals surface area (Å²) in [5.74, 6) is -2.09. The van der Waals surface area contributed by atoms with Gasteiger partial charge in [0.15, 0.2) is 0 Å². The fourth-order valence-electron chi connectivity index (χ4n) is 2.76. The molecule has 20 heavy (non-hydrogen) atoms. The molecule has 1 aromatic rings. The standard InChI is InChI=1S/C15H16N2O3/c1-9-5-12(13(6-9)15(19)20)14(18)17-11-4-2-3-10(7-11)8-16/h2-4,7,9,12-13H,5-6H2,1H3,(H,17,18)(H,19,20)/t9?,12-,13+/m0/s1. The summed E-state index contributed by atoms with van der Waals surface area (Å²) in [4.78, 5) is 23.4. The van der Waals surface area contributed by atoms with Crippen LogP contribution in [-0.2, 0) is 9.59 Å². The summed E-state index contributed by atoms with van der Waals surface area (Å²) >= 11 is 0. The van der Waals surface area contributed by atoms with Crippen LogP contribution in [0.4, 0.5) is 5.69 Å². The molecule has 1 aliphatic rings. The van der Waals surface area contributed by atoms with Gasteiger partial charge < -0.3 is 10.4 Å². The fourth-order valence-corrected chi connectivity index (χ4v) is 2.76. The van der Waals surface area contributed by atoms with Crippen molar-refractivity contribution in [3.8, 4) is 6.07 Å². The molecule has 2 N–H and O–H groups in total. The van der Waals surface area contributed by atoms with Crippen molar-refractivity contribution in [2.24, 2.45) is 17.8 Å². The molecule has 1 saturated carbocycles. The zero-order chi connectivity index (χ0) is 14.7. The molecule has 1 unspecified atom stereocenters. The molecule has 0 aromatic heterocycles. The summed E-state index contributed by atoms with van der Waals surface area (Å²) in [5.41, 5.74) is 0.982. The molecule has 1 amide bonds. The molecule has 104 valence electrons. The number of aliphatic carboxylic acids is 1. The number of amides is 1. The first kappa shape index (κ1) is 14.1. The molecule has 3 atom stereocenters. The Kier molecular flexibility index (Phi) is 4.04. The maximum atomic E-state index is 12.2. The summed E-state index contributed by atoms with van der Waals surface area (Å²) in [6.07, 6.45) is 1.12. The summed E-state index contributed by atoms with van der Waals surface area (Å²) in [5, 5.41) is 20.7. The molecule has 1 fully saturated rings. The van der Waals surface area contributed by atoms with Gasteiger partial charge in [-0.25, -0.2) is 0 Å². The predicted octanol–water partition coefficient (Wildman–Crippen LogP) is 2.24. The lowest BCUT2D eigenvalue weighted by atomic mass is 9.95. The number of nitriles is 1. The van der Waals surface area contributed by atoms with E-state index in [-0.39, 0.29) is 11.8 Å². The fraction of sp³-hybridized carbons (Fsp3) is 0.400. The molecule has 0 radical (unpaired) electrons. The van der Waals surface area contributed by atoms with Gasteiger partial charge in [0.2, 0.25) is 5.91 Å². The number of carbonyl (C=O) groups is 2. The van der Waals surface area contributed by atoms with Crippen molar-refractivity contribution in [3.05, 3.63) is 29.8 Å². The van der Waals surface area contributed by atoms with Crippen LogP contribution in [0.15, 0.2) is 24.3 Å². The third kappa shape index (κ3) is 2.97. The second kappa shape index (κ2) is 5.74. The number of benzene rings is 1. The minimum Gasteiger partial charge on any atom is -0.481 e. The Morgan fingerprint density at radius 2 is 2.05 bits per heavy atom. The Bertz CT molecular complexity index is 577. The Labute approximate surface area is 117 Å². The zero-order valence-electron chi connectivity index (χ0n) is 11.2. The van der Waals surface area contributed by atoms with E-state index in [1.54, 1.807) is 24.3 Å². The summed E-state index contributed by atoms with van der Waals surface area (Å²) in [6, 6.07) is 8.59. The van der Waals surface area contributed by atoms with Gasteiger partial charge in [0, 0.05) is 5.69 Å². The Morgan fingerprint density at radius 1 is 1.35 bits per heavy atom. The number of carboxylic acid groups (broad SMARTS) is 1. The Hall–Kier alpha value is -2.35. The van der Waals surface area contributed by atoms with E-state index in [2.05, 4.69) is 5.32 Å². The van der Waals surface area contributed by atoms with Crippen LogP contribution in [0.3, 0.4) is 0 Å². The van der Waals surface area contributed by atoms with Crippen LogP contribution in [0, 0.1) is 29.1 Å². The third-order valence-electron chi connectivity index (χ3n) is 3.71. The van der Waals surface area contributed by atoms with Gasteiger partial charge >= 0.3 is 5.97 Å². The molecule has 0 aliphatic heterocycles. The highest BCUT2D eigenvalue weighted by atomic mass is 16.4. The quantitative estimate of drug-likeness (QED) is 0.883. The lowest BCUT2D eigenvalue weighted by Gasteiger charge is -2.15. The van der Waals surface area contributed by atoms with E-state index in [0.717, 1.165) is 0 Å². The summed E-state index contributed by atoms with van der Waals surface area (Å²) in [7, 11) is 0. The molecule has 1 aromatic carbocycles. The number of nitrogens with one attached hydrogen (secondary N) is 1. The molecule has 5 heteroatoms. The van der Waals surface area contributed by atoms with E-state index in [9.17, 15) is 14.7 Å². The highest BCUT2D eigenvalue weighted by molar-refractivity contribution is 5.95. The van der Waals surface area contributed by atoms with Crippen molar-refractivity contribution >= 4 is 17.6 Å². The van der Waals surface area contributed by atoms with Gasteiger partial charge in [0.25, 0.3) is 0 Å².